The highest BCUT2D eigenvalue weighted by molar-refractivity contribution is 6.62. The van der Waals surface area contributed by atoms with Crippen LogP contribution in [-0.2, 0) is 36.7 Å². The summed E-state index contributed by atoms with van der Waals surface area (Å²) in [5.41, 5.74) is 1.41. The van der Waals surface area contributed by atoms with E-state index in [0.717, 1.165) is 11.0 Å². The van der Waals surface area contributed by atoms with Gasteiger partial charge in [0, 0.05) is 6.42 Å². The molecule has 1 aliphatic rings. The number of ether oxygens (including phenoxy) is 1. The smallest absolute Gasteiger partial charge is 0.480 e. The molecule has 1 saturated heterocycles. The van der Waals surface area contributed by atoms with Crippen LogP contribution in [0, 0.1) is 5.92 Å². The largest absolute Gasteiger partial charge is 0.494 e. The fraction of sp³-hybridized carbons (Fsp3) is 0.464. The summed E-state index contributed by atoms with van der Waals surface area (Å²) in [4.78, 5) is 37.3. The van der Waals surface area contributed by atoms with Crippen LogP contribution in [0.2, 0.25) is 0 Å². The van der Waals surface area contributed by atoms with Gasteiger partial charge in [0.1, 0.15) is 18.7 Å². The number of nitrogens with one attached hydrogen (secondary N) is 2. The molecule has 0 saturated carbocycles. The lowest BCUT2D eigenvalue weighted by Gasteiger charge is -2.32. The monoisotopic (exact) mass is 524 g/mol. The Balaban J connectivity index is 1.60. The molecule has 38 heavy (non-hydrogen) atoms. The Labute approximate surface area is 224 Å². The van der Waals surface area contributed by atoms with E-state index >= 15 is 0 Å². The van der Waals surface area contributed by atoms with Gasteiger partial charge in [0.25, 0.3) is 0 Å². The van der Waals surface area contributed by atoms with Gasteiger partial charge in [-0.05, 0) is 50.2 Å². The number of rotatable bonds is 10. The lowest BCUT2D eigenvalue weighted by atomic mass is 9.78. The van der Waals surface area contributed by atoms with E-state index in [0.29, 0.717) is 5.56 Å². The third kappa shape index (κ3) is 7.36. The van der Waals surface area contributed by atoms with Crippen molar-refractivity contribution in [1.29, 1.82) is 0 Å². The van der Waals surface area contributed by atoms with Crippen LogP contribution in [0.15, 0.2) is 54.6 Å². The second-order valence-electron chi connectivity index (χ2n) is 10.9. The molecule has 0 radical (unpaired) electrons. The highest BCUT2D eigenvalue weighted by Gasteiger charge is 2.51. The van der Waals surface area contributed by atoms with E-state index in [1.54, 1.807) is 26.0 Å². The van der Waals surface area contributed by atoms with Gasteiger partial charge in [-0.25, -0.2) is 9.59 Å². The van der Waals surface area contributed by atoms with E-state index in [2.05, 4.69) is 10.6 Å². The van der Waals surface area contributed by atoms with Crippen molar-refractivity contribution >= 4 is 30.6 Å². The predicted molar refractivity (Wildman–Crippen MR) is 144 cm³/mol. The number of carbonyl (C=O) groups excluding carboxylic acids is 2. The van der Waals surface area contributed by atoms with E-state index in [-0.39, 0.29) is 18.9 Å². The molecule has 0 aromatic heterocycles. The van der Waals surface area contributed by atoms with Gasteiger partial charge in [0.15, 0.2) is 0 Å². The van der Waals surface area contributed by atoms with Crippen LogP contribution in [0.1, 0.15) is 52.7 Å². The van der Waals surface area contributed by atoms with Crippen molar-refractivity contribution < 1.29 is 33.5 Å². The molecule has 1 aliphatic heterocycles. The number of amides is 2. The summed E-state index contributed by atoms with van der Waals surface area (Å²) in [6, 6.07) is 14.3. The van der Waals surface area contributed by atoms with Crippen molar-refractivity contribution in [2.24, 2.45) is 5.92 Å². The second-order valence-corrected chi connectivity index (χ2v) is 10.9. The molecule has 204 valence electrons. The van der Waals surface area contributed by atoms with Crippen LogP contribution >= 0.6 is 0 Å². The summed E-state index contributed by atoms with van der Waals surface area (Å²) in [7, 11) is -0.524. The first kappa shape index (κ1) is 29.2. The third-order valence-electron chi connectivity index (χ3n) is 6.99. The maximum atomic E-state index is 13.0. The lowest BCUT2D eigenvalue weighted by Crippen LogP contribution is -2.54. The SMILES string of the molecule is CC(C)[C@@H](NC(=O)OCc1ccccc1)C(=O)N[C@H](Cc1ccc(B2OC(C)(C)C(C)(C)O2)cc1)C(=O)O. The first-order chi connectivity index (χ1) is 17.8. The number of benzene rings is 2. The first-order valence-electron chi connectivity index (χ1n) is 12.7. The third-order valence-corrected chi connectivity index (χ3v) is 6.99. The highest BCUT2D eigenvalue weighted by Crippen LogP contribution is 2.36. The number of carbonyl (C=O) groups is 3. The molecule has 9 nitrogen and oxygen atoms in total. The van der Waals surface area contributed by atoms with Crippen molar-refractivity contribution in [3.8, 4) is 0 Å². The van der Waals surface area contributed by atoms with Crippen molar-refractivity contribution in [3.63, 3.8) is 0 Å². The average molecular weight is 524 g/mol. The van der Waals surface area contributed by atoms with Gasteiger partial charge in [-0.15, -0.1) is 0 Å². The molecule has 2 aromatic rings. The van der Waals surface area contributed by atoms with Crippen molar-refractivity contribution in [3.05, 3.63) is 65.7 Å². The van der Waals surface area contributed by atoms with Crippen molar-refractivity contribution in [1.82, 2.24) is 10.6 Å². The predicted octanol–water partition coefficient (Wildman–Crippen LogP) is 3.05. The molecule has 3 N–H and O–H groups in total. The molecule has 2 aromatic carbocycles. The van der Waals surface area contributed by atoms with E-state index in [1.165, 1.54) is 0 Å². The zero-order chi connectivity index (χ0) is 28.1. The minimum Gasteiger partial charge on any atom is -0.480 e. The van der Waals surface area contributed by atoms with Gasteiger partial charge in [-0.3, -0.25) is 4.79 Å². The van der Waals surface area contributed by atoms with Crippen LogP contribution in [0.4, 0.5) is 4.79 Å². The number of carboxylic acids is 1. The standard InChI is InChI=1S/C28H37BN2O7/c1-18(2)23(31-26(35)36-17-20-10-8-7-9-11-20)24(32)30-22(25(33)34)16-19-12-14-21(15-13-19)29-37-27(3,4)28(5,6)38-29/h7-15,18,22-23H,16-17H2,1-6H3,(H,30,32)(H,31,35)(H,33,34)/t22-,23-/m1/s1. The van der Waals surface area contributed by atoms with E-state index in [9.17, 15) is 19.5 Å². The Morgan fingerprint density at radius 1 is 0.895 bits per heavy atom. The molecule has 1 heterocycles. The Morgan fingerprint density at radius 3 is 2.00 bits per heavy atom. The zero-order valence-corrected chi connectivity index (χ0v) is 22.8. The summed E-state index contributed by atoms with van der Waals surface area (Å²) >= 11 is 0. The maximum Gasteiger partial charge on any atom is 0.494 e. The first-order valence-corrected chi connectivity index (χ1v) is 12.7. The summed E-state index contributed by atoms with van der Waals surface area (Å²) < 4.78 is 17.4. The molecule has 10 heteroatoms. The average Bonchev–Trinajstić information content (AvgIpc) is 3.08. The zero-order valence-electron chi connectivity index (χ0n) is 22.8. The molecule has 0 unspecified atom stereocenters. The number of hydrogen-bond donors (Lipinski definition) is 3. The Morgan fingerprint density at radius 2 is 1.47 bits per heavy atom. The minimum atomic E-state index is -1.19. The van der Waals surface area contributed by atoms with Gasteiger partial charge < -0.3 is 29.8 Å². The van der Waals surface area contributed by atoms with E-state index < -0.39 is 48.4 Å². The maximum absolute atomic E-state index is 13.0. The number of alkyl carbamates (subject to hydrolysis) is 1. The molecule has 0 bridgehead atoms. The topological polar surface area (TPSA) is 123 Å². The normalized spacial score (nSPS) is 17.5. The van der Waals surface area contributed by atoms with Crippen LogP contribution in [0.25, 0.3) is 0 Å². The summed E-state index contributed by atoms with van der Waals surface area (Å²) in [6.07, 6.45) is -0.693. The molecule has 0 aliphatic carbocycles. The van der Waals surface area contributed by atoms with Crippen LogP contribution in [0.3, 0.4) is 0 Å². The Hall–Kier alpha value is -3.37. The number of hydrogen-bond acceptors (Lipinski definition) is 6. The number of carboxylic acid groups (broad SMARTS) is 1. The second kappa shape index (κ2) is 12.0. The van der Waals surface area contributed by atoms with Crippen LogP contribution < -0.4 is 16.1 Å². The van der Waals surface area contributed by atoms with Gasteiger partial charge in [-0.1, -0.05) is 68.4 Å². The molecule has 2 atom stereocenters. The molecule has 0 spiro atoms. The van der Waals surface area contributed by atoms with E-state index in [1.807, 2.05) is 70.2 Å². The molecule has 3 rings (SSSR count). The molecule has 2 amide bonds. The van der Waals surface area contributed by atoms with E-state index in [4.69, 9.17) is 14.0 Å². The van der Waals surface area contributed by atoms with Crippen molar-refractivity contribution in [2.45, 2.75) is 77.9 Å². The Bertz CT molecular complexity index is 1100. The van der Waals surface area contributed by atoms with Gasteiger partial charge >= 0.3 is 19.2 Å². The molecule has 1 fully saturated rings. The lowest BCUT2D eigenvalue weighted by molar-refractivity contribution is -0.142. The van der Waals surface area contributed by atoms with Gasteiger partial charge in [0.05, 0.1) is 11.2 Å². The molecular formula is C28H37BN2O7. The Kier molecular flexibility index (Phi) is 9.22. The fourth-order valence-corrected chi connectivity index (χ4v) is 3.91. The fourth-order valence-electron chi connectivity index (χ4n) is 3.91. The van der Waals surface area contributed by atoms with Crippen LogP contribution in [-0.4, -0.2) is 53.5 Å². The van der Waals surface area contributed by atoms with Crippen molar-refractivity contribution in [2.75, 3.05) is 0 Å². The van der Waals surface area contributed by atoms with Crippen LogP contribution in [0.5, 0.6) is 0 Å². The summed E-state index contributed by atoms with van der Waals surface area (Å²) in [5, 5.41) is 14.9. The quantitative estimate of drug-likeness (QED) is 0.409. The molecular weight excluding hydrogens is 487 g/mol. The number of aliphatic carboxylic acids is 1. The minimum absolute atomic E-state index is 0.0543. The van der Waals surface area contributed by atoms with Gasteiger partial charge in [-0.2, -0.15) is 0 Å². The summed E-state index contributed by atoms with van der Waals surface area (Å²) in [5.74, 6) is -2.08. The van der Waals surface area contributed by atoms with Gasteiger partial charge in [0.2, 0.25) is 5.91 Å². The highest BCUT2D eigenvalue weighted by atomic mass is 16.7. The summed E-state index contributed by atoms with van der Waals surface area (Å²) in [6.45, 7) is 11.5.